The number of likely N-dealkylation sites (N-methyl/N-ethyl adjacent to an activating group) is 1. The van der Waals surface area contributed by atoms with Crippen molar-refractivity contribution in [3.8, 4) is 17.3 Å². The van der Waals surface area contributed by atoms with Gasteiger partial charge >= 0.3 is 0 Å². The van der Waals surface area contributed by atoms with Crippen LogP contribution in [0.5, 0.6) is 5.88 Å². The molecule has 0 fully saturated rings. The molecule has 30 heavy (non-hydrogen) atoms. The zero-order valence-electron chi connectivity index (χ0n) is 17.7. The molecule has 0 saturated carbocycles. The Labute approximate surface area is 181 Å². The Morgan fingerprint density at radius 1 is 1.00 bits per heavy atom. The van der Waals surface area contributed by atoms with Gasteiger partial charge in [-0.2, -0.15) is 0 Å². The maximum atomic E-state index is 13.4. The van der Waals surface area contributed by atoms with E-state index in [9.17, 15) is 9.90 Å². The number of aliphatic imine (C=N–C) groups is 1. The Kier molecular flexibility index (Phi) is 6.64. The molecule has 156 valence electrons. The van der Waals surface area contributed by atoms with Crippen LogP contribution in [0.25, 0.3) is 11.4 Å². The van der Waals surface area contributed by atoms with Crippen LogP contribution < -0.4 is 10.5 Å². The average Bonchev–Trinajstić information content (AvgIpc) is 2.70. The van der Waals surface area contributed by atoms with E-state index in [1.807, 2.05) is 76.5 Å². The Morgan fingerprint density at radius 3 is 2.07 bits per heavy atom. The molecule has 0 atom stereocenters. The highest BCUT2D eigenvalue weighted by molar-refractivity contribution is 7.71. The highest BCUT2D eigenvalue weighted by atomic mass is 32.1. The molecule has 0 spiro atoms. The number of hydrogen-bond donors (Lipinski definition) is 2. The molecule has 1 aromatic heterocycles. The van der Waals surface area contributed by atoms with Crippen LogP contribution in [-0.4, -0.2) is 47.6 Å². The second-order valence-electron chi connectivity index (χ2n) is 7.56. The number of nitrogens with one attached hydrogen (secondary N) is 1. The first-order chi connectivity index (χ1) is 14.3. The number of quaternary nitrogens is 1. The van der Waals surface area contributed by atoms with Crippen LogP contribution >= 0.6 is 12.2 Å². The van der Waals surface area contributed by atoms with Crippen LogP contribution in [0.3, 0.4) is 0 Å². The molecule has 0 amide bonds. The van der Waals surface area contributed by atoms with Crippen molar-refractivity contribution in [2.45, 2.75) is 13.8 Å². The minimum Gasteiger partial charge on any atom is -0.494 e. The van der Waals surface area contributed by atoms with Crippen LogP contribution in [0.15, 0.2) is 58.3 Å². The molecular weight excluding hydrogens is 396 g/mol. The van der Waals surface area contributed by atoms with Gasteiger partial charge in [0.25, 0.3) is 5.56 Å². The van der Waals surface area contributed by atoms with Crippen LogP contribution in [0, 0.1) is 18.6 Å². The third-order valence-corrected chi connectivity index (χ3v) is 5.31. The van der Waals surface area contributed by atoms with Crippen molar-refractivity contribution in [1.82, 2.24) is 9.13 Å². The fraction of sp³-hybridized carbons (Fsp3) is 0.261. The second-order valence-corrected chi connectivity index (χ2v) is 7.93. The van der Waals surface area contributed by atoms with Gasteiger partial charge in [0, 0.05) is 6.21 Å². The number of aromatic hydroxyl groups is 1. The molecule has 6 nitrogen and oxygen atoms in total. The lowest BCUT2D eigenvalue weighted by Crippen LogP contribution is -3.06. The molecule has 0 bridgehead atoms. The maximum absolute atomic E-state index is 13.4. The number of benzene rings is 2. The van der Waals surface area contributed by atoms with Gasteiger partial charge < -0.3 is 10.0 Å². The summed E-state index contributed by atoms with van der Waals surface area (Å²) in [6.45, 7) is 5.23. The molecule has 2 N–H and O–H groups in total. The molecule has 0 unspecified atom stereocenters. The monoisotopic (exact) mass is 423 g/mol. The first kappa shape index (κ1) is 21.7. The first-order valence-electron chi connectivity index (χ1n) is 9.84. The normalized spacial score (nSPS) is 11.5. The highest BCUT2D eigenvalue weighted by Crippen LogP contribution is 2.24. The van der Waals surface area contributed by atoms with Gasteiger partial charge in [-0.05, 0) is 49.3 Å². The van der Waals surface area contributed by atoms with E-state index in [4.69, 9.17) is 12.2 Å². The fourth-order valence-corrected chi connectivity index (χ4v) is 3.60. The van der Waals surface area contributed by atoms with E-state index in [0.717, 1.165) is 23.4 Å². The van der Waals surface area contributed by atoms with Gasteiger partial charge in [-0.15, -0.1) is 0 Å². The standard InChI is InChI=1S/C23H26N4O2S/c1-16-9-5-7-11-19(16)26-21(28)18(15-24-13-14-25(3)4)22(29)27(23(26)30)20-12-8-6-10-17(20)2/h5-12,15,28H,13-14H2,1-4H3/p+1. The van der Waals surface area contributed by atoms with Crippen LogP contribution in [0.2, 0.25) is 0 Å². The summed E-state index contributed by atoms with van der Waals surface area (Å²) in [6.07, 6.45) is 1.46. The van der Waals surface area contributed by atoms with Crippen molar-refractivity contribution in [2.75, 3.05) is 27.2 Å². The van der Waals surface area contributed by atoms with Crippen molar-refractivity contribution in [2.24, 2.45) is 4.99 Å². The summed E-state index contributed by atoms with van der Waals surface area (Å²) in [5, 5.41) is 11.1. The Morgan fingerprint density at radius 2 is 1.53 bits per heavy atom. The number of nitrogens with zero attached hydrogens (tertiary/aromatic N) is 3. The fourth-order valence-electron chi connectivity index (χ4n) is 3.23. The Hall–Kier alpha value is -3.03. The van der Waals surface area contributed by atoms with E-state index in [2.05, 4.69) is 4.99 Å². The third kappa shape index (κ3) is 4.27. The predicted octanol–water partition coefficient (Wildman–Crippen LogP) is 2.24. The van der Waals surface area contributed by atoms with Gasteiger partial charge in [0.2, 0.25) is 5.88 Å². The van der Waals surface area contributed by atoms with E-state index >= 15 is 0 Å². The summed E-state index contributed by atoms with van der Waals surface area (Å²) in [7, 11) is 4.08. The van der Waals surface area contributed by atoms with Crippen molar-refractivity contribution in [1.29, 1.82) is 0 Å². The molecule has 0 radical (unpaired) electrons. The second kappa shape index (κ2) is 9.19. The van der Waals surface area contributed by atoms with Gasteiger partial charge in [-0.1, -0.05) is 36.4 Å². The third-order valence-electron chi connectivity index (χ3n) is 4.94. The molecule has 3 rings (SSSR count). The number of rotatable bonds is 6. The molecule has 1 heterocycles. The molecule has 0 aliphatic rings. The summed E-state index contributed by atoms with van der Waals surface area (Å²) in [6, 6.07) is 15.2. The summed E-state index contributed by atoms with van der Waals surface area (Å²) in [5.74, 6) is -0.204. The molecule has 0 saturated heterocycles. The topological polar surface area (TPSA) is 64.0 Å². The number of aromatic nitrogens is 2. The summed E-state index contributed by atoms with van der Waals surface area (Å²) >= 11 is 5.70. The summed E-state index contributed by atoms with van der Waals surface area (Å²) in [4.78, 5) is 19.0. The molecule has 2 aromatic carbocycles. The van der Waals surface area contributed by atoms with E-state index < -0.39 is 5.56 Å². The molecule has 3 aromatic rings. The lowest BCUT2D eigenvalue weighted by molar-refractivity contribution is -0.856. The minimum absolute atomic E-state index is 0.115. The smallest absolute Gasteiger partial charge is 0.271 e. The Bertz CT molecular complexity index is 1210. The Balaban J connectivity index is 2.33. The minimum atomic E-state index is -0.391. The molecule has 7 heteroatoms. The van der Waals surface area contributed by atoms with Crippen molar-refractivity contribution in [3.05, 3.63) is 80.3 Å². The maximum Gasteiger partial charge on any atom is 0.271 e. The summed E-state index contributed by atoms with van der Waals surface area (Å²) in [5.41, 5.74) is 2.96. The molecule has 0 aliphatic carbocycles. The van der Waals surface area contributed by atoms with Gasteiger partial charge in [0.15, 0.2) is 4.77 Å². The van der Waals surface area contributed by atoms with E-state index in [-0.39, 0.29) is 16.2 Å². The molecular formula is C23H27N4O2S+. The van der Waals surface area contributed by atoms with Crippen molar-refractivity contribution in [3.63, 3.8) is 0 Å². The van der Waals surface area contributed by atoms with Crippen LogP contribution in [0.4, 0.5) is 0 Å². The van der Waals surface area contributed by atoms with Crippen molar-refractivity contribution < 1.29 is 10.0 Å². The van der Waals surface area contributed by atoms with Crippen LogP contribution in [0.1, 0.15) is 16.7 Å². The number of para-hydroxylation sites is 2. The largest absolute Gasteiger partial charge is 0.494 e. The van der Waals surface area contributed by atoms with Gasteiger partial charge in [-0.3, -0.25) is 18.9 Å². The predicted molar refractivity (Wildman–Crippen MR) is 123 cm³/mol. The highest BCUT2D eigenvalue weighted by Gasteiger charge is 2.19. The first-order valence-corrected chi connectivity index (χ1v) is 10.3. The lowest BCUT2D eigenvalue weighted by Gasteiger charge is -2.18. The zero-order chi connectivity index (χ0) is 21.8. The number of hydrogen-bond acceptors (Lipinski definition) is 4. The number of aryl methyl sites for hydroxylation is 2. The van der Waals surface area contributed by atoms with Gasteiger partial charge in [0.1, 0.15) is 5.56 Å². The van der Waals surface area contributed by atoms with E-state index in [1.54, 1.807) is 0 Å². The zero-order valence-corrected chi connectivity index (χ0v) is 18.5. The molecule has 0 aliphatic heterocycles. The van der Waals surface area contributed by atoms with Gasteiger partial charge in [-0.25, -0.2) is 0 Å². The average molecular weight is 424 g/mol. The van der Waals surface area contributed by atoms with E-state index in [1.165, 1.54) is 20.2 Å². The van der Waals surface area contributed by atoms with Crippen LogP contribution in [-0.2, 0) is 0 Å². The quantitative estimate of drug-likeness (QED) is 0.472. The SMILES string of the molecule is Cc1ccccc1-n1c(O)c(C=NCC[NH+](C)C)c(=O)n(-c2ccccc2C)c1=S. The summed E-state index contributed by atoms with van der Waals surface area (Å²) < 4.78 is 3.21. The lowest BCUT2D eigenvalue weighted by atomic mass is 10.2. The van der Waals surface area contributed by atoms with Gasteiger partial charge in [0.05, 0.1) is 38.6 Å². The van der Waals surface area contributed by atoms with E-state index in [0.29, 0.717) is 12.2 Å². The van der Waals surface area contributed by atoms with Crippen molar-refractivity contribution >= 4 is 18.4 Å².